The molecular weight excluding hydrogens is 302 g/mol. The van der Waals surface area contributed by atoms with E-state index in [1.807, 2.05) is 6.92 Å². The van der Waals surface area contributed by atoms with Gasteiger partial charge in [-0.1, -0.05) is 6.92 Å². The third-order valence-electron chi connectivity index (χ3n) is 2.43. The second-order valence-corrected chi connectivity index (χ2v) is 4.32. The number of aldehydes is 1. The number of hydrogen-bond acceptors (Lipinski definition) is 4. The molecule has 18 heavy (non-hydrogen) atoms. The Labute approximate surface area is 113 Å². The number of nitrogens with zero attached hydrogens (tertiary/aromatic N) is 1. The summed E-state index contributed by atoms with van der Waals surface area (Å²) in [6.45, 7) is 3.82. The van der Waals surface area contributed by atoms with E-state index in [1.54, 1.807) is 11.5 Å². The Morgan fingerprint density at radius 2 is 2.17 bits per heavy atom. The molecule has 0 aliphatic heterocycles. The molecule has 0 unspecified atom stereocenters. The Balaban J connectivity index is 3.41. The molecule has 0 amide bonds. The van der Waals surface area contributed by atoms with Gasteiger partial charge in [0.25, 0.3) is 0 Å². The van der Waals surface area contributed by atoms with Crippen molar-refractivity contribution in [1.82, 2.24) is 4.57 Å². The Morgan fingerprint density at radius 3 is 2.67 bits per heavy atom. The molecule has 1 aromatic rings. The van der Waals surface area contributed by atoms with Crippen LogP contribution in [0.15, 0.2) is 15.5 Å². The van der Waals surface area contributed by atoms with Gasteiger partial charge in [0.1, 0.15) is 11.8 Å². The summed E-state index contributed by atoms with van der Waals surface area (Å²) in [5, 5.41) is 0. The van der Waals surface area contributed by atoms with Crippen LogP contribution in [0.4, 0.5) is 0 Å². The van der Waals surface area contributed by atoms with Crippen LogP contribution in [0.2, 0.25) is 0 Å². The number of pyridine rings is 1. The van der Waals surface area contributed by atoms with E-state index in [0.29, 0.717) is 22.9 Å². The Hall–Kier alpha value is -1.43. The van der Waals surface area contributed by atoms with Crippen molar-refractivity contribution in [2.45, 2.75) is 26.8 Å². The smallest absolute Gasteiger partial charge is 0.343 e. The number of carbonyl (C=O) groups is 2. The van der Waals surface area contributed by atoms with Crippen molar-refractivity contribution >= 4 is 28.2 Å². The van der Waals surface area contributed by atoms with E-state index in [0.717, 1.165) is 0 Å². The van der Waals surface area contributed by atoms with Gasteiger partial charge in [0.15, 0.2) is 0 Å². The van der Waals surface area contributed by atoms with Crippen LogP contribution in [0.5, 0.6) is 0 Å². The minimum Gasteiger partial charge on any atom is -0.462 e. The predicted octanol–water partition coefficient (Wildman–Crippen LogP) is 1.55. The third kappa shape index (κ3) is 2.87. The van der Waals surface area contributed by atoms with Crippen molar-refractivity contribution in [2.75, 3.05) is 6.61 Å². The van der Waals surface area contributed by atoms with Gasteiger partial charge >= 0.3 is 5.97 Å². The fraction of sp³-hybridized carbons (Fsp3) is 0.417. The van der Waals surface area contributed by atoms with Gasteiger partial charge < -0.3 is 14.1 Å². The second-order valence-electron chi connectivity index (χ2n) is 3.53. The molecule has 0 spiro atoms. The largest absolute Gasteiger partial charge is 0.462 e. The molecule has 0 radical (unpaired) electrons. The number of aromatic nitrogens is 1. The van der Waals surface area contributed by atoms with Gasteiger partial charge in [-0.3, -0.25) is 4.79 Å². The lowest BCUT2D eigenvalue weighted by Gasteiger charge is -2.13. The maximum absolute atomic E-state index is 12.0. The van der Waals surface area contributed by atoms with Crippen LogP contribution in [0.1, 0.15) is 29.9 Å². The summed E-state index contributed by atoms with van der Waals surface area (Å²) in [6.07, 6.45) is 2.66. The molecule has 98 valence electrons. The van der Waals surface area contributed by atoms with Gasteiger partial charge in [-0.15, -0.1) is 0 Å². The average Bonchev–Trinajstić information content (AvgIpc) is 2.34. The average molecular weight is 316 g/mol. The van der Waals surface area contributed by atoms with Crippen LogP contribution in [-0.2, 0) is 22.5 Å². The van der Waals surface area contributed by atoms with E-state index < -0.39 is 11.4 Å². The van der Waals surface area contributed by atoms with Gasteiger partial charge in [-0.2, -0.15) is 0 Å². The van der Waals surface area contributed by atoms with Crippen molar-refractivity contribution in [1.29, 1.82) is 0 Å². The van der Waals surface area contributed by atoms with E-state index in [9.17, 15) is 14.4 Å². The van der Waals surface area contributed by atoms with Crippen molar-refractivity contribution in [3.8, 4) is 0 Å². The molecule has 0 aliphatic carbocycles. The molecule has 0 atom stereocenters. The highest BCUT2D eigenvalue weighted by molar-refractivity contribution is 9.10. The maximum Gasteiger partial charge on any atom is 0.343 e. The van der Waals surface area contributed by atoms with Crippen molar-refractivity contribution < 1.29 is 14.3 Å². The number of hydrogen-bond donors (Lipinski definition) is 0. The summed E-state index contributed by atoms with van der Waals surface area (Å²) in [6, 6.07) is 0. The number of halogens is 1. The molecule has 0 aromatic carbocycles. The monoisotopic (exact) mass is 315 g/mol. The molecule has 1 rings (SSSR count). The fourth-order valence-corrected chi connectivity index (χ4v) is 2.35. The topological polar surface area (TPSA) is 65.4 Å². The molecule has 1 heterocycles. The quantitative estimate of drug-likeness (QED) is 0.611. The lowest BCUT2D eigenvalue weighted by atomic mass is 10.2. The highest BCUT2D eigenvalue weighted by Crippen LogP contribution is 2.15. The first-order chi connectivity index (χ1) is 8.56. The molecule has 1 aromatic heterocycles. The summed E-state index contributed by atoms with van der Waals surface area (Å²) >= 11 is 3.17. The molecule has 0 bridgehead atoms. The zero-order chi connectivity index (χ0) is 13.7. The number of esters is 1. The number of rotatable bonds is 5. The van der Waals surface area contributed by atoms with Crippen LogP contribution in [-0.4, -0.2) is 23.4 Å². The molecular formula is C12H14BrNO4. The SMILES string of the molecule is CCOC(=O)c1cn(CC=O)c(CC)c(Br)c1=O. The van der Waals surface area contributed by atoms with Gasteiger partial charge in [0.2, 0.25) is 5.43 Å². The highest BCUT2D eigenvalue weighted by Gasteiger charge is 2.18. The first kappa shape index (κ1) is 14.6. The minimum atomic E-state index is -0.675. The Kier molecular flexibility index (Phi) is 5.27. The predicted molar refractivity (Wildman–Crippen MR) is 69.8 cm³/mol. The summed E-state index contributed by atoms with van der Waals surface area (Å²) < 4.78 is 6.69. The number of carbonyl (C=O) groups excluding carboxylic acids is 2. The Morgan fingerprint density at radius 1 is 1.50 bits per heavy atom. The first-order valence-corrected chi connectivity index (χ1v) is 6.38. The summed E-state index contributed by atoms with van der Waals surface area (Å²) in [5.41, 5.74) is 0.204. The van der Waals surface area contributed by atoms with E-state index in [4.69, 9.17) is 4.74 Å². The summed E-state index contributed by atoms with van der Waals surface area (Å²) in [4.78, 5) is 34.2. The van der Waals surface area contributed by atoms with Gasteiger partial charge in [-0.05, 0) is 29.3 Å². The van der Waals surface area contributed by atoms with Crippen molar-refractivity contribution in [3.63, 3.8) is 0 Å². The third-order valence-corrected chi connectivity index (χ3v) is 3.25. The van der Waals surface area contributed by atoms with E-state index >= 15 is 0 Å². The lowest BCUT2D eigenvalue weighted by Crippen LogP contribution is -2.24. The first-order valence-electron chi connectivity index (χ1n) is 5.59. The zero-order valence-corrected chi connectivity index (χ0v) is 11.8. The van der Waals surface area contributed by atoms with Crippen LogP contribution in [0, 0.1) is 0 Å². The lowest BCUT2D eigenvalue weighted by molar-refractivity contribution is -0.108. The van der Waals surface area contributed by atoms with Crippen LogP contribution in [0.25, 0.3) is 0 Å². The van der Waals surface area contributed by atoms with E-state index in [1.165, 1.54) is 6.20 Å². The van der Waals surface area contributed by atoms with E-state index in [-0.39, 0.29) is 18.7 Å². The number of ether oxygens (including phenoxy) is 1. The van der Waals surface area contributed by atoms with Crippen molar-refractivity contribution in [2.24, 2.45) is 0 Å². The molecule has 0 N–H and O–H groups in total. The Bertz CT molecular complexity index is 522. The summed E-state index contributed by atoms with van der Waals surface area (Å²) in [7, 11) is 0. The molecule has 0 fully saturated rings. The molecule has 0 aliphatic rings. The molecule has 0 saturated carbocycles. The minimum absolute atomic E-state index is 0.0669. The van der Waals surface area contributed by atoms with Gasteiger partial charge in [0, 0.05) is 11.9 Å². The van der Waals surface area contributed by atoms with E-state index in [2.05, 4.69) is 15.9 Å². The maximum atomic E-state index is 12.0. The van der Waals surface area contributed by atoms with Crippen LogP contribution < -0.4 is 5.43 Å². The zero-order valence-electron chi connectivity index (χ0n) is 10.2. The summed E-state index contributed by atoms with van der Waals surface area (Å²) in [5.74, 6) is -0.675. The highest BCUT2D eigenvalue weighted by atomic mass is 79.9. The molecule has 0 saturated heterocycles. The molecule has 5 nitrogen and oxygen atoms in total. The van der Waals surface area contributed by atoms with Crippen LogP contribution >= 0.6 is 15.9 Å². The van der Waals surface area contributed by atoms with Gasteiger partial charge in [0.05, 0.1) is 17.6 Å². The fourth-order valence-electron chi connectivity index (χ4n) is 1.62. The standard InChI is InChI=1S/C12H14BrNO4/c1-3-9-10(13)11(16)8(12(17)18-4-2)7-14(9)5-6-15/h6-7H,3-5H2,1-2H3. The van der Waals surface area contributed by atoms with Crippen molar-refractivity contribution in [3.05, 3.63) is 32.2 Å². The van der Waals surface area contributed by atoms with Gasteiger partial charge in [-0.25, -0.2) is 4.79 Å². The second kappa shape index (κ2) is 6.49. The van der Waals surface area contributed by atoms with Crippen LogP contribution in [0.3, 0.4) is 0 Å². The normalized spacial score (nSPS) is 10.2. The molecule has 6 heteroatoms.